The highest BCUT2D eigenvalue weighted by molar-refractivity contribution is 6.24. The minimum Gasteiger partial charge on any atom is -0.478 e. The molecule has 0 atom stereocenters. The molecular formula is C32H18N4O11. The second-order valence-electron chi connectivity index (χ2n) is 10.7. The number of nitrogens with zero attached hydrogens (tertiary/aromatic N) is 4. The number of aryl methyl sites for hydroxylation is 2. The number of pyridine rings is 2. The quantitative estimate of drug-likeness (QED) is 0.0713. The third-order valence-electron chi connectivity index (χ3n) is 7.51. The minimum atomic E-state index is -1.54. The number of esters is 2. The topological polar surface area (TPSA) is 230 Å². The van der Waals surface area contributed by atoms with E-state index in [0.29, 0.717) is 21.9 Å². The fourth-order valence-electron chi connectivity index (χ4n) is 5.58. The Hall–Kier alpha value is -6.90. The van der Waals surface area contributed by atoms with E-state index < -0.39 is 67.4 Å². The Bertz CT molecular complexity index is 2300. The van der Waals surface area contributed by atoms with Crippen LogP contribution in [0.5, 0.6) is 0 Å². The third-order valence-corrected chi connectivity index (χ3v) is 7.51. The number of fused-ring (bicyclic) bond motifs is 6. The van der Waals surface area contributed by atoms with Gasteiger partial charge in [-0.3, -0.25) is 30.2 Å². The number of carbonyl (C=O) groups excluding carboxylic acids is 2. The average Bonchev–Trinajstić information content (AvgIpc) is 3.01. The van der Waals surface area contributed by atoms with Crippen LogP contribution in [0.15, 0.2) is 60.9 Å². The first-order chi connectivity index (χ1) is 22.2. The van der Waals surface area contributed by atoms with Gasteiger partial charge < -0.3 is 14.9 Å². The van der Waals surface area contributed by atoms with Gasteiger partial charge in [0.25, 0.3) is 11.4 Å². The van der Waals surface area contributed by atoms with Crippen LogP contribution in [0.4, 0.5) is 11.4 Å². The lowest BCUT2D eigenvalue weighted by Crippen LogP contribution is -2.16. The maximum Gasteiger partial charge on any atom is 0.346 e. The van der Waals surface area contributed by atoms with E-state index in [1.165, 1.54) is 24.5 Å². The summed E-state index contributed by atoms with van der Waals surface area (Å²) in [6.45, 7) is 3.40. The van der Waals surface area contributed by atoms with Crippen molar-refractivity contribution in [3.8, 4) is 0 Å². The molecule has 47 heavy (non-hydrogen) atoms. The molecule has 4 aromatic carbocycles. The molecule has 2 N–H and O–H groups in total. The fourth-order valence-corrected chi connectivity index (χ4v) is 5.58. The van der Waals surface area contributed by atoms with E-state index in [4.69, 9.17) is 4.74 Å². The second-order valence-corrected chi connectivity index (χ2v) is 10.7. The maximum absolute atomic E-state index is 13.7. The number of hydrogen-bond donors (Lipinski definition) is 2. The predicted molar refractivity (Wildman–Crippen MR) is 165 cm³/mol. The lowest BCUT2D eigenvalue weighted by atomic mass is 9.94. The van der Waals surface area contributed by atoms with Gasteiger partial charge in [-0.1, -0.05) is 0 Å². The summed E-state index contributed by atoms with van der Waals surface area (Å²) in [6.07, 6.45) is 2.88. The molecule has 6 aromatic rings. The predicted octanol–water partition coefficient (Wildman–Crippen LogP) is 5.92. The van der Waals surface area contributed by atoms with E-state index in [9.17, 15) is 49.6 Å². The Balaban J connectivity index is 1.60. The molecule has 0 aliphatic rings. The van der Waals surface area contributed by atoms with Crippen molar-refractivity contribution < 1.29 is 44.0 Å². The highest BCUT2D eigenvalue weighted by Gasteiger charge is 2.29. The third kappa shape index (κ3) is 5.06. The number of carboxylic acids is 2. The van der Waals surface area contributed by atoms with Crippen molar-refractivity contribution >= 4 is 78.6 Å². The van der Waals surface area contributed by atoms with Gasteiger partial charge in [0.2, 0.25) is 0 Å². The molecule has 0 aliphatic carbocycles. The number of nitro groups is 2. The Morgan fingerprint density at radius 1 is 0.617 bits per heavy atom. The zero-order valence-corrected chi connectivity index (χ0v) is 24.1. The number of non-ortho nitro benzene ring substituents is 2. The van der Waals surface area contributed by atoms with Crippen LogP contribution in [0.2, 0.25) is 0 Å². The fraction of sp³-hybridized carbons (Fsp3) is 0.0625. The van der Waals surface area contributed by atoms with Crippen LogP contribution in [-0.2, 0) is 4.74 Å². The SMILES string of the molecule is Cc1cnc2c(c1)cc(C(=O)O)c1c(C(=O)OC(=O)c3cc([N+](=O)[O-])cc4c3c(C(=O)O)cc3cc(C)cnc34)cc([N+](=O)[O-])cc12. The number of carbonyl (C=O) groups is 4. The van der Waals surface area contributed by atoms with E-state index in [2.05, 4.69) is 9.97 Å². The average molecular weight is 635 g/mol. The number of ether oxygens (including phenoxy) is 1. The lowest BCUT2D eigenvalue weighted by Gasteiger charge is -2.14. The maximum atomic E-state index is 13.7. The van der Waals surface area contributed by atoms with Crippen molar-refractivity contribution in [1.82, 2.24) is 9.97 Å². The molecule has 0 saturated heterocycles. The van der Waals surface area contributed by atoms with Crippen LogP contribution < -0.4 is 0 Å². The summed E-state index contributed by atoms with van der Waals surface area (Å²) in [6, 6.07) is 9.19. The smallest absolute Gasteiger partial charge is 0.346 e. The molecule has 0 aliphatic heterocycles. The van der Waals surface area contributed by atoms with Crippen LogP contribution in [0.25, 0.3) is 43.4 Å². The number of aromatic nitrogens is 2. The van der Waals surface area contributed by atoms with E-state index in [0.717, 1.165) is 24.3 Å². The van der Waals surface area contributed by atoms with Gasteiger partial charge >= 0.3 is 23.9 Å². The Morgan fingerprint density at radius 3 is 1.34 bits per heavy atom. The van der Waals surface area contributed by atoms with Gasteiger partial charge in [0.1, 0.15) is 0 Å². The van der Waals surface area contributed by atoms with Crippen LogP contribution in [-0.4, -0.2) is 53.9 Å². The summed E-state index contributed by atoms with van der Waals surface area (Å²) in [5, 5.41) is 43.7. The first kappa shape index (κ1) is 30.1. The number of rotatable bonds is 6. The normalized spacial score (nSPS) is 11.2. The van der Waals surface area contributed by atoms with Crippen LogP contribution in [0, 0.1) is 34.1 Å². The van der Waals surface area contributed by atoms with Crippen LogP contribution in [0.1, 0.15) is 52.6 Å². The molecule has 232 valence electrons. The molecule has 2 aromatic heterocycles. The zero-order chi connectivity index (χ0) is 33.9. The van der Waals surface area contributed by atoms with Gasteiger partial charge in [0.05, 0.1) is 43.1 Å². The van der Waals surface area contributed by atoms with E-state index in [-0.39, 0.29) is 32.6 Å². The highest BCUT2D eigenvalue weighted by Crippen LogP contribution is 2.37. The van der Waals surface area contributed by atoms with Crippen molar-refractivity contribution in [2.45, 2.75) is 13.8 Å². The summed E-state index contributed by atoms with van der Waals surface area (Å²) in [4.78, 5) is 82.7. The molecule has 0 saturated carbocycles. The molecule has 0 spiro atoms. The minimum absolute atomic E-state index is 0.0877. The van der Waals surface area contributed by atoms with Gasteiger partial charge in [-0.25, -0.2) is 19.2 Å². The van der Waals surface area contributed by atoms with Crippen molar-refractivity contribution in [2.75, 3.05) is 0 Å². The van der Waals surface area contributed by atoms with Gasteiger partial charge in [0.15, 0.2) is 0 Å². The van der Waals surface area contributed by atoms with Gasteiger partial charge in [-0.05, 0) is 49.2 Å². The standard InChI is InChI=1S/C32H18N4O11/c1-13-3-15-5-21(29(37)38)25-19(27(15)33-11-13)7-17(35(43)44)9-23(25)31(41)47-32(42)24-10-18(36(45)46)8-20-26(24)22(30(39)40)6-16-4-14(2)12-34-28(16)20/h3-12H,1-2H3,(H,37,38)(H,39,40). The second kappa shape index (κ2) is 10.9. The Kier molecular flexibility index (Phi) is 7.00. The molecule has 6 rings (SSSR count). The number of carboxylic acid groups (broad SMARTS) is 2. The summed E-state index contributed by atoms with van der Waals surface area (Å²) in [5.74, 6) is -6.08. The van der Waals surface area contributed by atoms with Gasteiger partial charge in [-0.2, -0.15) is 0 Å². The highest BCUT2D eigenvalue weighted by atomic mass is 16.6. The molecular weight excluding hydrogens is 616 g/mol. The number of benzene rings is 4. The molecule has 15 nitrogen and oxygen atoms in total. The van der Waals surface area contributed by atoms with E-state index in [1.54, 1.807) is 26.0 Å². The zero-order valence-electron chi connectivity index (χ0n) is 24.1. The number of aromatic carboxylic acids is 2. The summed E-state index contributed by atoms with van der Waals surface area (Å²) in [7, 11) is 0. The number of hydrogen-bond acceptors (Lipinski definition) is 11. The van der Waals surface area contributed by atoms with Crippen molar-refractivity contribution in [3.05, 3.63) is 115 Å². The Labute approximate surface area is 260 Å². The summed E-state index contributed by atoms with van der Waals surface area (Å²) in [5.41, 5.74) is -1.98. The van der Waals surface area contributed by atoms with Crippen LogP contribution in [0.3, 0.4) is 0 Å². The van der Waals surface area contributed by atoms with Crippen molar-refractivity contribution in [2.24, 2.45) is 0 Å². The first-order valence-corrected chi connectivity index (χ1v) is 13.5. The molecule has 0 bridgehead atoms. The van der Waals surface area contributed by atoms with E-state index in [1.807, 2.05) is 0 Å². The van der Waals surface area contributed by atoms with Gasteiger partial charge in [0, 0.05) is 69.0 Å². The van der Waals surface area contributed by atoms with Crippen molar-refractivity contribution in [3.63, 3.8) is 0 Å². The molecule has 0 amide bonds. The van der Waals surface area contributed by atoms with Crippen LogP contribution >= 0.6 is 0 Å². The molecule has 0 radical (unpaired) electrons. The van der Waals surface area contributed by atoms with E-state index >= 15 is 0 Å². The monoisotopic (exact) mass is 634 g/mol. The lowest BCUT2D eigenvalue weighted by molar-refractivity contribution is -0.384. The summed E-state index contributed by atoms with van der Waals surface area (Å²) >= 11 is 0. The molecule has 2 heterocycles. The molecule has 15 heteroatoms. The first-order valence-electron chi connectivity index (χ1n) is 13.5. The van der Waals surface area contributed by atoms with Gasteiger partial charge in [-0.15, -0.1) is 0 Å². The summed E-state index contributed by atoms with van der Waals surface area (Å²) < 4.78 is 5.09. The van der Waals surface area contributed by atoms with Crippen molar-refractivity contribution in [1.29, 1.82) is 0 Å². The molecule has 0 fully saturated rings. The largest absolute Gasteiger partial charge is 0.478 e. The Morgan fingerprint density at radius 2 is 1.00 bits per heavy atom. The number of nitro benzene ring substituents is 2. The molecule has 0 unspecified atom stereocenters.